The van der Waals surface area contributed by atoms with Crippen LogP contribution in [0.3, 0.4) is 0 Å². The molecule has 0 atom stereocenters. The first-order valence-corrected chi connectivity index (χ1v) is 8.61. The molecule has 0 saturated carbocycles. The molecule has 1 aliphatic heterocycles. The van der Waals surface area contributed by atoms with E-state index >= 15 is 0 Å². The van der Waals surface area contributed by atoms with Crippen LogP contribution in [0.15, 0.2) is 18.2 Å². The summed E-state index contributed by atoms with van der Waals surface area (Å²) in [6, 6.07) is 4.19. The number of carboxylic acid groups (broad SMARTS) is 1. The van der Waals surface area contributed by atoms with Crippen LogP contribution in [0.1, 0.15) is 23.3 Å². The van der Waals surface area contributed by atoms with Gasteiger partial charge in [-0.2, -0.15) is 11.8 Å². The Balaban J connectivity index is 1.94. The number of nitrogens with one attached hydrogen (secondary N) is 2. The van der Waals surface area contributed by atoms with Gasteiger partial charge in [0.1, 0.15) is 22.8 Å². The minimum absolute atomic E-state index is 0.104. The number of aliphatic carboxylic acids is 1. The first kappa shape index (κ1) is 16.6. The maximum Gasteiger partial charge on any atom is 0.329 e. The van der Waals surface area contributed by atoms with Crippen molar-refractivity contribution in [2.75, 3.05) is 18.6 Å². The van der Waals surface area contributed by atoms with Crippen molar-refractivity contribution in [3.05, 3.63) is 29.7 Å². The van der Waals surface area contributed by atoms with Crippen LogP contribution in [0.4, 0.5) is 4.39 Å². The summed E-state index contributed by atoms with van der Waals surface area (Å²) < 4.78 is 19.1. The summed E-state index contributed by atoms with van der Waals surface area (Å²) in [6.07, 6.45) is 0.716. The number of carbonyl (C=O) groups is 2. The zero-order valence-corrected chi connectivity index (χ0v) is 13.8. The maximum atomic E-state index is 13.9. The van der Waals surface area contributed by atoms with Crippen LogP contribution in [-0.4, -0.2) is 46.1 Å². The van der Waals surface area contributed by atoms with Gasteiger partial charge in [0.25, 0.3) is 5.91 Å². The Morgan fingerprint density at radius 2 is 2.08 bits per heavy atom. The van der Waals surface area contributed by atoms with Crippen molar-refractivity contribution in [3.8, 4) is 5.75 Å². The molecule has 1 aliphatic rings. The molecule has 1 aromatic carbocycles. The largest absolute Gasteiger partial charge is 0.496 e. The fraction of sp³-hybridized carbons (Fsp3) is 0.375. The number of H-pyrrole nitrogens is 1. The van der Waals surface area contributed by atoms with Gasteiger partial charge in [-0.15, -0.1) is 0 Å². The Bertz CT molecular complexity index is 799. The second-order valence-electron chi connectivity index (χ2n) is 5.68. The van der Waals surface area contributed by atoms with E-state index < -0.39 is 23.2 Å². The summed E-state index contributed by atoms with van der Waals surface area (Å²) in [5, 5.41) is 12.6. The summed E-state index contributed by atoms with van der Waals surface area (Å²) in [6.45, 7) is 0. The molecular weight excluding hydrogens is 335 g/mol. The van der Waals surface area contributed by atoms with Crippen molar-refractivity contribution in [1.29, 1.82) is 0 Å². The van der Waals surface area contributed by atoms with Gasteiger partial charge in [-0.25, -0.2) is 9.18 Å². The number of methoxy groups -OCH3 is 1. The minimum atomic E-state index is -1.28. The van der Waals surface area contributed by atoms with Crippen molar-refractivity contribution >= 4 is 34.5 Å². The van der Waals surface area contributed by atoms with E-state index in [2.05, 4.69) is 10.3 Å². The van der Waals surface area contributed by atoms with E-state index in [1.165, 1.54) is 25.3 Å². The monoisotopic (exact) mass is 352 g/mol. The van der Waals surface area contributed by atoms with Gasteiger partial charge in [0.05, 0.1) is 12.6 Å². The van der Waals surface area contributed by atoms with Gasteiger partial charge in [-0.05, 0) is 42.5 Å². The number of carboxylic acids is 1. The van der Waals surface area contributed by atoms with Crippen molar-refractivity contribution in [2.24, 2.45) is 0 Å². The average molecular weight is 352 g/mol. The lowest BCUT2D eigenvalue weighted by molar-refractivity contribution is -0.144. The highest BCUT2D eigenvalue weighted by Crippen LogP contribution is 2.30. The van der Waals surface area contributed by atoms with Crippen LogP contribution in [0, 0.1) is 5.82 Å². The molecule has 0 radical (unpaired) electrons. The number of amides is 1. The molecule has 1 aromatic heterocycles. The lowest BCUT2D eigenvalue weighted by Gasteiger charge is -2.33. The quantitative estimate of drug-likeness (QED) is 0.786. The number of thioether (sulfide) groups is 1. The molecule has 2 heterocycles. The fourth-order valence-corrected chi connectivity index (χ4v) is 4.05. The first-order valence-electron chi connectivity index (χ1n) is 7.46. The molecule has 0 unspecified atom stereocenters. The Morgan fingerprint density at radius 1 is 1.38 bits per heavy atom. The average Bonchev–Trinajstić information content (AvgIpc) is 3.02. The Morgan fingerprint density at radius 3 is 2.71 bits per heavy atom. The molecule has 1 amide bonds. The van der Waals surface area contributed by atoms with Crippen LogP contribution < -0.4 is 10.1 Å². The molecular formula is C16H17FN2O4S. The van der Waals surface area contributed by atoms with Gasteiger partial charge in [-0.1, -0.05) is 0 Å². The highest BCUT2D eigenvalue weighted by molar-refractivity contribution is 7.99. The lowest BCUT2D eigenvalue weighted by Crippen LogP contribution is -2.56. The summed E-state index contributed by atoms with van der Waals surface area (Å²) in [4.78, 5) is 26.9. The van der Waals surface area contributed by atoms with Crippen LogP contribution in [0.25, 0.3) is 10.9 Å². The van der Waals surface area contributed by atoms with E-state index in [1.54, 1.807) is 11.8 Å². The van der Waals surface area contributed by atoms with Crippen LogP contribution in [0.5, 0.6) is 5.75 Å². The Kier molecular flexibility index (Phi) is 4.40. The molecule has 0 spiro atoms. The van der Waals surface area contributed by atoms with Crippen LogP contribution >= 0.6 is 11.8 Å². The third kappa shape index (κ3) is 2.82. The van der Waals surface area contributed by atoms with E-state index in [-0.39, 0.29) is 11.2 Å². The molecule has 24 heavy (non-hydrogen) atoms. The highest BCUT2D eigenvalue weighted by Gasteiger charge is 2.41. The van der Waals surface area contributed by atoms with E-state index in [9.17, 15) is 19.1 Å². The standard InChI is InChI=1S/C16H17FN2O4S/c1-23-12-3-2-10(17)13-9(12)8-11(18-13)14(20)19-16(15(21)22)4-6-24-7-5-16/h2-3,8,18H,4-7H2,1H3,(H,19,20)(H,21,22). The van der Waals surface area contributed by atoms with E-state index in [0.717, 1.165) is 0 Å². The van der Waals surface area contributed by atoms with Crippen molar-refractivity contribution in [2.45, 2.75) is 18.4 Å². The van der Waals surface area contributed by atoms with E-state index in [1.807, 2.05) is 0 Å². The third-order valence-corrected chi connectivity index (χ3v) is 5.26. The van der Waals surface area contributed by atoms with Crippen molar-refractivity contribution in [3.63, 3.8) is 0 Å². The molecule has 128 valence electrons. The first-order chi connectivity index (χ1) is 11.5. The second kappa shape index (κ2) is 6.35. The minimum Gasteiger partial charge on any atom is -0.496 e. The predicted octanol–water partition coefficient (Wildman–Crippen LogP) is 2.40. The molecule has 0 bridgehead atoms. The van der Waals surface area contributed by atoms with E-state index in [0.29, 0.717) is 35.5 Å². The molecule has 1 fully saturated rings. The molecule has 6 nitrogen and oxygen atoms in total. The van der Waals surface area contributed by atoms with Gasteiger partial charge in [0.2, 0.25) is 0 Å². The number of aromatic nitrogens is 1. The van der Waals surface area contributed by atoms with Gasteiger partial charge in [-0.3, -0.25) is 4.79 Å². The zero-order valence-electron chi connectivity index (χ0n) is 13.0. The van der Waals surface area contributed by atoms with Gasteiger partial charge < -0.3 is 20.1 Å². The topological polar surface area (TPSA) is 91.4 Å². The second-order valence-corrected chi connectivity index (χ2v) is 6.90. The third-order valence-electron chi connectivity index (χ3n) is 4.28. The molecule has 0 aliphatic carbocycles. The normalized spacial score (nSPS) is 16.8. The summed E-state index contributed by atoms with van der Waals surface area (Å²) in [5.41, 5.74) is -1.02. The Labute approximate surface area is 141 Å². The molecule has 1 saturated heterocycles. The van der Waals surface area contributed by atoms with Gasteiger partial charge in [0.15, 0.2) is 0 Å². The van der Waals surface area contributed by atoms with Gasteiger partial charge in [0, 0.05) is 5.39 Å². The Hall–Kier alpha value is -2.22. The number of fused-ring (bicyclic) bond motifs is 1. The van der Waals surface area contributed by atoms with Crippen molar-refractivity contribution < 1.29 is 23.8 Å². The molecule has 2 aromatic rings. The number of hydrogen-bond acceptors (Lipinski definition) is 4. The predicted molar refractivity (Wildman–Crippen MR) is 89.2 cm³/mol. The number of rotatable bonds is 4. The fourth-order valence-electron chi connectivity index (χ4n) is 2.86. The SMILES string of the molecule is COc1ccc(F)c2[nH]c(C(=O)NC3(C(=O)O)CCSCC3)cc12. The smallest absolute Gasteiger partial charge is 0.329 e. The highest BCUT2D eigenvalue weighted by atomic mass is 32.2. The number of halogens is 1. The molecule has 8 heteroatoms. The number of ether oxygens (including phenoxy) is 1. The lowest BCUT2D eigenvalue weighted by atomic mass is 9.92. The zero-order chi connectivity index (χ0) is 17.3. The summed E-state index contributed by atoms with van der Waals surface area (Å²) >= 11 is 1.66. The van der Waals surface area contributed by atoms with Crippen LogP contribution in [-0.2, 0) is 4.79 Å². The van der Waals surface area contributed by atoms with Crippen LogP contribution in [0.2, 0.25) is 0 Å². The molecule has 3 N–H and O–H groups in total. The summed E-state index contributed by atoms with van der Waals surface area (Å²) in [7, 11) is 1.46. The maximum absolute atomic E-state index is 13.9. The van der Waals surface area contributed by atoms with E-state index in [4.69, 9.17) is 4.74 Å². The molecule has 3 rings (SSSR count). The number of hydrogen-bond donors (Lipinski definition) is 3. The van der Waals surface area contributed by atoms with Gasteiger partial charge >= 0.3 is 5.97 Å². The number of aromatic amines is 1. The number of benzene rings is 1. The van der Waals surface area contributed by atoms with Crippen molar-refractivity contribution in [1.82, 2.24) is 10.3 Å². The summed E-state index contributed by atoms with van der Waals surface area (Å²) in [5.74, 6) is -0.350. The number of carbonyl (C=O) groups excluding carboxylic acids is 1.